The molecular formula is C13H16N2O. The number of aldehydes is 1. The molecule has 16 heavy (non-hydrogen) atoms. The van der Waals surface area contributed by atoms with E-state index < -0.39 is 0 Å². The number of hydrogen-bond acceptors (Lipinski definition) is 2. The molecule has 0 aliphatic rings. The van der Waals surface area contributed by atoms with E-state index in [0.29, 0.717) is 5.69 Å². The fraction of sp³-hybridized carbons (Fsp3) is 0.385. The molecule has 0 aliphatic carbocycles. The first-order chi connectivity index (χ1) is 7.54. The highest BCUT2D eigenvalue weighted by Crippen LogP contribution is 2.22. The highest BCUT2D eigenvalue weighted by Gasteiger charge is 2.15. The topological polar surface area (TPSA) is 34.4 Å². The number of imidazole rings is 1. The first-order valence-electron chi connectivity index (χ1n) is 5.49. The summed E-state index contributed by atoms with van der Waals surface area (Å²) < 4.78 is 2.07. The summed E-state index contributed by atoms with van der Waals surface area (Å²) in [6, 6.07) is 4.11. The maximum absolute atomic E-state index is 11.0. The van der Waals surface area contributed by atoms with Gasteiger partial charge >= 0.3 is 0 Å². The minimum absolute atomic E-state index is 0.289. The predicted molar refractivity (Wildman–Crippen MR) is 64.1 cm³/mol. The molecular weight excluding hydrogens is 200 g/mol. The van der Waals surface area contributed by atoms with Crippen molar-refractivity contribution < 1.29 is 4.79 Å². The second-order valence-corrected chi connectivity index (χ2v) is 4.52. The Bertz CT molecular complexity index is 553. The lowest BCUT2D eigenvalue weighted by Gasteiger charge is -2.09. The molecule has 2 rings (SSSR count). The molecule has 0 amide bonds. The molecule has 0 radical (unpaired) electrons. The van der Waals surface area contributed by atoms with E-state index in [9.17, 15) is 4.79 Å². The van der Waals surface area contributed by atoms with Gasteiger partial charge in [-0.1, -0.05) is 13.8 Å². The van der Waals surface area contributed by atoms with Crippen molar-refractivity contribution in [2.45, 2.75) is 33.6 Å². The molecule has 0 atom stereocenters. The van der Waals surface area contributed by atoms with Gasteiger partial charge in [-0.15, -0.1) is 0 Å². The second-order valence-electron chi connectivity index (χ2n) is 4.52. The molecule has 2 heterocycles. The monoisotopic (exact) mass is 216 g/mol. The average molecular weight is 216 g/mol. The Labute approximate surface area is 95.1 Å². The average Bonchev–Trinajstić information content (AvgIpc) is 2.55. The molecule has 0 N–H and O–H groups in total. The molecule has 2 aromatic heterocycles. The molecule has 3 nitrogen and oxygen atoms in total. The van der Waals surface area contributed by atoms with E-state index in [1.165, 1.54) is 5.56 Å². The fourth-order valence-corrected chi connectivity index (χ4v) is 2.22. The lowest BCUT2D eigenvalue weighted by Crippen LogP contribution is -2.01. The summed E-state index contributed by atoms with van der Waals surface area (Å²) in [5.41, 5.74) is 4.72. The van der Waals surface area contributed by atoms with Gasteiger partial charge in [0.05, 0.1) is 5.69 Å². The molecule has 0 aliphatic heterocycles. The predicted octanol–water partition coefficient (Wildman–Crippen LogP) is 2.89. The van der Waals surface area contributed by atoms with E-state index in [4.69, 9.17) is 0 Å². The van der Waals surface area contributed by atoms with Gasteiger partial charge in [0, 0.05) is 5.69 Å². The first kappa shape index (κ1) is 10.9. The molecule has 0 unspecified atom stereocenters. The van der Waals surface area contributed by atoms with Crippen molar-refractivity contribution in [1.82, 2.24) is 9.38 Å². The Hall–Kier alpha value is -1.64. The van der Waals surface area contributed by atoms with Crippen LogP contribution in [0.1, 0.15) is 47.2 Å². The van der Waals surface area contributed by atoms with Gasteiger partial charge < -0.3 is 4.40 Å². The van der Waals surface area contributed by atoms with Gasteiger partial charge in [-0.25, -0.2) is 4.98 Å². The number of aromatic nitrogens is 2. The molecule has 0 saturated heterocycles. The number of nitrogens with zero attached hydrogens (tertiary/aromatic N) is 2. The van der Waals surface area contributed by atoms with Crippen molar-refractivity contribution in [3.8, 4) is 0 Å². The zero-order valence-corrected chi connectivity index (χ0v) is 10.1. The SMILES string of the molecule is Cc1cc(C)n2c(C(C)C)c(C=O)nc2c1. The van der Waals surface area contributed by atoms with Crippen LogP contribution >= 0.6 is 0 Å². The Kier molecular flexibility index (Phi) is 2.54. The number of rotatable bonds is 2. The van der Waals surface area contributed by atoms with Crippen LogP contribution in [0.25, 0.3) is 5.65 Å². The minimum Gasteiger partial charge on any atom is -0.300 e. The van der Waals surface area contributed by atoms with Crippen LogP contribution in [0.5, 0.6) is 0 Å². The summed E-state index contributed by atoms with van der Waals surface area (Å²) in [6.45, 7) is 8.24. The Morgan fingerprint density at radius 1 is 1.31 bits per heavy atom. The fourth-order valence-electron chi connectivity index (χ4n) is 2.22. The molecule has 84 valence electrons. The highest BCUT2D eigenvalue weighted by atomic mass is 16.1. The van der Waals surface area contributed by atoms with Gasteiger partial charge in [-0.05, 0) is 37.5 Å². The van der Waals surface area contributed by atoms with E-state index in [1.54, 1.807) is 0 Å². The third kappa shape index (κ3) is 1.52. The number of hydrogen-bond donors (Lipinski definition) is 0. The van der Waals surface area contributed by atoms with Crippen LogP contribution in [0, 0.1) is 13.8 Å². The van der Waals surface area contributed by atoms with Gasteiger partial charge in [-0.3, -0.25) is 4.79 Å². The lowest BCUT2D eigenvalue weighted by atomic mass is 10.1. The van der Waals surface area contributed by atoms with E-state index in [1.807, 2.05) is 19.9 Å². The third-order valence-corrected chi connectivity index (χ3v) is 2.77. The molecule has 0 fully saturated rings. The van der Waals surface area contributed by atoms with Crippen LogP contribution in [0.2, 0.25) is 0 Å². The smallest absolute Gasteiger partial charge is 0.170 e. The van der Waals surface area contributed by atoms with Crippen molar-refractivity contribution in [2.24, 2.45) is 0 Å². The van der Waals surface area contributed by atoms with Crippen LogP contribution in [0.15, 0.2) is 12.1 Å². The molecule has 0 bridgehead atoms. The molecule has 0 aromatic carbocycles. The summed E-state index contributed by atoms with van der Waals surface area (Å²) in [5, 5.41) is 0. The standard InChI is InChI=1S/C13H16N2O/c1-8(2)13-11(7-16)14-12-6-9(3)5-10(4)15(12)13/h5-8H,1-4H3. The van der Waals surface area contributed by atoms with Gasteiger partial charge in [-0.2, -0.15) is 0 Å². The zero-order chi connectivity index (χ0) is 11.9. The number of carbonyl (C=O) groups is 1. The molecule has 2 aromatic rings. The quantitative estimate of drug-likeness (QED) is 0.723. The maximum atomic E-state index is 11.0. The normalized spacial score (nSPS) is 11.3. The van der Waals surface area contributed by atoms with Crippen molar-refractivity contribution >= 4 is 11.9 Å². The van der Waals surface area contributed by atoms with Crippen molar-refractivity contribution in [3.05, 3.63) is 34.8 Å². The summed E-state index contributed by atoms with van der Waals surface area (Å²) in [5.74, 6) is 0.289. The van der Waals surface area contributed by atoms with Crippen LogP contribution in [0.3, 0.4) is 0 Å². The van der Waals surface area contributed by atoms with Gasteiger partial charge in [0.2, 0.25) is 0 Å². The van der Waals surface area contributed by atoms with Crippen molar-refractivity contribution in [3.63, 3.8) is 0 Å². The number of pyridine rings is 1. The third-order valence-electron chi connectivity index (χ3n) is 2.77. The van der Waals surface area contributed by atoms with Crippen LogP contribution in [0.4, 0.5) is 0 Å². The molecule has 3 heteroatoms. The largest absolute Gasteiger partial charge is 0.300 e. The van der Waals surface area contributed by atoms with Crippen LogP contribution in [-0.2, 0) is 0 Å². The van der Waals surface area contributed by atoms with E-state index in [0.717, 1.165) is 23.3 Å². The lowest BCUT2D eigenvalue weighted by molar-refractivity contribution is 0.111. The summed E-state index contributed by atoms with van der Waals surface area (Å²) >= 11 is 0. The summed E-state index contributed by atoms with van der Waals surface area (Å²) in [7, 11) is 0. The first-order valence-corrected chi connectivity index (χ1v) is 5.49. The Morgan fingerprint density at radius 3 is 2.56 bits per heavy atom. The zero-order valence-electron chi connectivity index (χ0n) is 10.1. The Balaban J connectivity index is 2.89. The number of fused-ring (bicyclic) bond motifs is 1. The second kappa shape index (κ2) is 3.74. The minimum atomic E-state index is 0.289. The van der Waals surface area contributed by atoms with Crippen LogP contribution < -0.4 is 0 Å². The summed E-state index contributed by atoms with van der Waals surface area (Å²) in [6.07, 6.45) is 0.844. The molecule has 0 saturated carbocycles. The number of aryl methyl sites for hydroxylation is 2. The van der Waals surface area contributed by atoms with Crippen molar-refractivity contribution in [2.75, 3.05) is 0 Å². The molecule has 0 spiro atoms. The Morgan fingerprint density at radius 2 is 2.00 bits per heavy atom. The van der Waals surface area contributed by atoms with Crippen molar-refractivity contribution in [1.29, 1.82) is 0 Å². The number of carbonyl (C=O) groups excluding carboxylic acids is 1. The van der Waals surface area contributed by atoms with E-state index in [2.05, 4.69) is 29.3 Å². The van der Waals surface area contributed by atoms with E-state index in [-0.39, 0.29) is 5.92 Å². The summed E-state index contributed by atoms with van der Waals surface area (Å²) in [4.78, 5) is 15.4. The van der Waals surface area contributed by atoms with Crippen LogP contribution in [-0.4, -0.2) is 15.7 Å². The van der Waals surface area contributed by atoms with Gasteiger partial charge in [0.25, 0.3) is 0 Å². The maximum Gasteiger partial charge on any atom is 0.170 e. The highest BCUT2D eigenvalue weighted by molar-refractivity contribution is 5.76. The van der Waals surface area contributed by atoms with E-state index >= 15 is 0 Å². The van der Waals surface area contributed by atoms with Gasteiger partial charge in [0.1, 0.15) is 11.3 Å². The van der Waals surface area contributed by atoms with Gasteiger partial charge in [0.15, 0.2) is 6.29 Å².